The first-order valence-electron chi connectivity index (χ1n) is 6.13. The fourth-order valence-corrected chi connectivity index (χ4v) is 5.20. The van der Waals surface area contributed by atoms with E-state index in [9.17, 15) is 4.79 Å². The minimum atomic E-state index is -1.55. The van der Waals surface area contributed by atoms with Crippen LogP contribution in [-0.2, 0) is 16.0 Å². The van der Waals surface area contributed by atoms with Crippen LogP contribution in [0.3, 0.4) is 0 Å². The molecule has 0 amide bonds. The highest BCUT2D eigenvalue weighted by Crippen LogP contribution is 2.44. The SMILES string of the molecule is C[C@H]1C(=O)O[C@@]1(Cc1ccccc1)[Si](C)(C)C. The van der Waals surface area contributed by atoms with Crippen molar-refractivity contribution in [1.82, 2.24) is 0 Å². The third-order valence-electron chi connectivity index (χ3n) is 3.91. The number of cyclic esters (lactones) is 1. The molecule has 0 unspecified atom stereocenters. The average molecular weight is 248 g/mol. The van der Waals surface area contributed by atoms with Crippen molar-refractivity contribution in [2.45, 2.75) is 38.2 Å². The van der Waals surface area contributed by atoms with E-state index in [0.717, 1.165) is 6.42 Å². The summed E-state index contributed by atoms with van der Waals surface area (Å²) in [5.74, 6) is -0.00210. The zero-order chi connectivity index (χ0) is 12.7. The molecular formula is C14H20O2Si. The van der Waals surface area contributed by atoms with Gasteiger partial charge in [0.1, 0.15) is 5.22 Å². The van der Waals surface area contributed by atoms with Gasteiger partial charge in [0.05, 0.1) is 14.0 Å². The summed E-state index contributed by atoms with van der Waals surface area (Å²) in [6, 6.07) is 10.3. The van der Waals surface area contributed by atoms with Gasteiger partial charge in [-0.05, 0) is 12.5 Å². The number of benzene rings is 1. The number of ether oxygens (including phenoxy) is 1. The third kappa shape index (κ3) is 1.93. The van der Waals surface area contributed by atoms with E-state index in [4.69, 9.17) is 4.74 Å². The Kier molecular flexibility index (Phi) is 2.90. The van der Waals surface area contributed by atoms with Gasteiger partial charge in [0.2, 0.25) is 0 Å². The largest absolute Gasteiger partial charge is 0.461 e. The Labute approximate surface area is 104 Å². The lowest BCUT2D eigenvalue weighted by atomic mass is 9.92. The van der Waals surface area contributed by atoms with Crippen LogP contribution in [0.4, 0.5) is 0 Å². The van der Waals surface area contributed by atoms with Crippen LogP contribution in [0.15, 0.2) is 30.3 Å². The van der Waals surface area contributed by atoms with E-state index in [-0.39, 0.29) is 17.1 Å². The summed E-state index contributed by atoms with van der Waals surface area (Å²) in [7, 11) is -1.55. The van der Waals surface area contributed by atoms with E-state index in [1.54, 1.807) is 0 Å². The second kappa shape index (κ2) is 3.98. The first-order valence-corrected chi connectivity index (χ1v) is 9.63. The van der Waals surface area contributed by atoms with Gasteiger partial charge in [-0.2, -0.15) is 0 Å². The lowest BCUT2D eigenvalue weighted by Crippen LogP contribution is -2.70. The van der Waals surface area contributed by atoms with Crippen molar-refractivity contribution in [1.29, 1.82) is 0 Å². The molecule has 1 fully saturated rings. The number of hydrogen-bond acceptors (Lipinski definition) is 2. The molecule has 1 heterocycles. The number of carbonyl (C=O) groups excluding carboxylic acids is 1. The van der Waals surface area contributed by atoms with Crippen molar-refractivity contribution in [2.75, 3.05) is 0 Å². The van der Waals surface area contributed by atoms with Crippen LogP contribution in [0.1, 0.15) is 12.5 Å². The van der Waals surface area contributed by atoms with Gasteiger partial charge in [-0.15, -0.1) is 0 Å². The predicted molar refractivity (Wildman–Crippen MR) is 71.5 cm³/mol. The highest BCUT2D eigenvalue weighted by molar-refractivity contribution is 6.79. The average Bonchev–Trinajstić information content (AvgIpc) is 2.27. The van der Waals surface area contributed by atoms with Crippen molar-refractivity contribution in [3.63, 3.8) is 0 Å². The van der Waals surface area contributed by atoms with Crippen LogP contribution in [-0.4, -0.2) is 19.3 Å². The summed E-state index contributed by atoms with van der Waals surface area (Å²) in [6.45, 7) is 8.84. The van der Waals surface area contributed by atoms with Crippen LogP contribution in [0.5, 0.6) is 0 Å². The molecule has 0 aliphatic carbocycles. The summed E-state index contributed by atoms with van der Waals surface area (Å²) >= 11 is 0. The Morgan fingerprint density at radius 3 is 2.24 bits per heavy atom. The Hall–Kier alpha value is -1.09. The molecule has 1 aliphatic rings. The first-order chi connectivity index (χ1) is 7.87. The molecule has 17 heavy (non-hydrogen) atoms. The molecule has 1 saturated heterocycles. The summed E-state index contributed by atoms with van der Waals surface area (Å²) in [5.41, 5.74) is 1.26. The van der Waals surface area contributed by atoms with E-state index in [1.807, 2.05) is 25.1 Å². The summed E-state index contributed by atoms with van der Waals surface area (Å²) in [4.78, 5) is 11.5. The topological polar surface area (TPSA) is 26.3 Å². The minimum Gasteiger partial charge on any atom is -0.461 e. The lowest BCUT2D eigenvalue weighted by Gasteiger charge is -2.53. The van der Waals surface area contributed by atoms with E-state index >= 15 is 0 Å². The molecule has 0 aromatic heterocycles. The molecular weight excluding hydrogens is 228 g/mol. The van der Waals surface area contributed by atoms with Crippen molar-refractivity contribution < 1.29 is 9.53 Å². The van der Waals surface area contributed by atoms with E-state index in [1.165, 1.54) is 5.56 Å². The van der Waals surface area contributed by atoms with E-state index in [2.05, 4.69) is 31.8 Å². The predicted octanol–water partition coefficient (Wildman–Crippen LogP) is 3.04. The van der Waals surface area contributed by atoms with E-state index in [0.29, 0.717) is 0 Å². The summed E-state index contributed by atoms with van der Waals surface area (Å²) < 4.78 is 5.63. The molecule has 0 radical (unpaired) electrons. The second-order valence-electron chi connectivity index (χ2n) is 5.94. The number of carbonyl (C=O) groups is 1. The van der Waals surface area contributed by atoms with Crippen LogP contribution in [0.2, 0.25) is 19.6 Å². The van der Waals surface area contributed by atoms with Crippen molar-refractivity contribution >= 4 is 14.0 Å². The Balaban J connectivity index is 2.28. The standard InChI is InChI=1S/C14H20O2Si/c1-11-13(15)16-14(11,17(2,3)4)10-12-8-6-5-7-9-12/h5-9,11H,10H2,1-4H3/t11-,14-/m0/s1. The molecule has 2 atom stereocenters. The molecule has 2 nitrogen and oxygen atoms in total. The smallest absolute Gasteiger partial charge is 0.312 e. The van der Waals surface area contributed by atoms with Crippen molar-refractivity contribution in [3.8, 4) is 0 Å². The van der Waals surface area contributed by atoms with Crippen LogP contribution in [0, 0.1) is 5.92 Å². The van der Waals surface area contributed by atoms with Gasteiger partial charge in [0.25, 0.3) is 0 Å². The van der Waals surface area contributed by atoms with Gasteiger partial charge in [-0.3, -0.25) is 4.79 Å². The fourth-order valence-electron chi connectivity index (χ4n) is 2.64. The zero-order valence-electron chi connectivity index (χ0n) is 11.0. The summed E-state index contributed by atoms with van der Waals surface area (Å²) in [6.07, 6.45) is 0.858. The van der Waals surface area contributed by atoms with Crippen molar-refractivity contribution in [3.05, 3.63) is 35.9 Å². The molecule has 92 valence electrons. The maximum Gasteiger partial charge on any atom is 0.312 e. The molecule has 0 saturated carbocycles. The molecule has 2 rings (SSSR count). The van der Waals surface area contributed by atoms with Gasteiger partial charge in [-0.1, -0.05) is 50.0 Å². The molecule has 0 spiro atoms. The van der Waals surface area contributed by atoms with E-state index < -0.39 is 8.07 Å². The molecule has 1 aromatic rings. The van der Waals surface area contributed by atoms with Gasteiger partial charge >= 0.3 is 5.97 Å². The lowest BCUT2D eigenvalue weighted by molar-refractivity contribution is -0.193. The maximum atomic E-state index is 11.5. The van der Waals surface area contributed by atoms with Crippen LogP contribution >= 0.6 is 0 Å². The van der Waals surface area contributed by atoms with Gasteiger partial charge in [0, 0.05) is 6.42 Å². The third-order valence-corrected chi connectivity index (χ3v) is 7.17. The molecule has 1 aliphatic heterocycles. The van der Waals surface area contributed by atoms with Crippen LogP contribution < -0.4 is 0 Å². The molecule has 0 bridgehead atoms. The highest BCUT2D eigenvalue weighted by Gasteiger charge is 2.60. The minimum absolute atomic E-state index is 0.0365. The Morgan fingerprint density at radius 1 is 1.24 bits per heavy atom. The van der Waals surface area contributed by atoms with Gasteiger partial charge < -0.3 is 4.74 Å². The highest BCUT2D eigenvalue weighted by atomic mass is 28.3. The Bertz CT molecular complexity index is 422. The molecule has 0 N–H and O–H groups in total. The molecule has 1 aromatic carbocycles. The number of rotatable bonds is 3. The monoisotopic (exact) mass is 248 g/mol. The van der Waals surface area contributed by atoms with Crippen molar-refractivity contribution in [2.24, 2.45) is 5.92 Å². The van der Waals surface area contributed by atoms with Gasteiger partial charge in [0.15, 0.2) is 0 Å². The first kappa shape index (κ1) is 12.4. The normalized spacial score (nSPS) is 28.5. The quantitative estimate of drug-likeness (QED) is 0.607. The molecule has 3 heteroatoms. The van der Waals surface area contributed by atoms with Crippen LogP contribution in [0.25, 0.3) is 0 Å². The zero-order valence-corrected chi connectivity index (χ0v) is 12.0. The fraction of sp³-hybridized carbons (Fsp3) is 0.500. The van der Waals surface area contributed by atoms with Gasteiger partial charge in [-0.25, -0.2) is 0 Å². The Morgan fingerprint density at radius 2 is 1.82 bits per heavy atom. The summed E-state index contributed by atoms with van der Waals surface area (Å²) in [5, 5.41) is -0.217. The number of esters is 1. The second-order valence-corrected chi connectivity index (χ2v) is 11.3. The number of hydrogen-bond donors (Lipinski definition) is 0. The maximum absolute atomic E-state index is 11.5.